The zero-order valence-corrected chi connectivity index (χ0v) is 40.3. The molecule has 0 radical (unpaired) electrons. The van der Waals surface area contributed by atoms with Gasteiger partial charge in [0.2, 0.25) is 0 Å². The molecule has 0 fully saturated rings. The zero-order chi connectivity index (χ0) is 50.0. The summed E-state index contributed by atoms with van der Waals surface area (Å²) < 4.78 is 109. The highest BCUT2D eigenvalue weighted by Gasteiger charge is 2.32. The molecule has 0 aliphatic heterocycles. The van der Waals surface area contributed by atoms with E-state index in [9.17, 15) is 35.9 Å². The van der Waals surface area contributed by atoms with Gasteiger partial charge >= 0.3 is 36.4 Å². The van der Waals surface area contributed by atoms with Crippen LogP contribution in [0.3, 0.4) is 0 Å². The molecular formula is C50H72F6N4O9. The lowest BCUT2D eigenvalue weighted by atomic mass is 10.1. The van der Waals surface area contributed by atoms with E-state index in [1.54, 1.807) is 0 Å². The summed E-state index contributed by atoms with van der Waals surface area (Å²) in [5, 5.41) is 7.82. The summed E-state index contributed by atoms with van der Waals surface area (Å²) in [7, 11) is 0. The van der Waals surface area contributed by atoms with Crippen LogP contribution in [0.15, 0.2) is 79.1 Å². The van der Waals surface area contributed by atoms with E-state index in [1.165, 1.54) is 140 Å². The maximum atomic E-state index is 12.3. The molecule has 13 nitrogen and oxygen atoms in total. The van der Waals surface area contributed by atoms with Gasteiger partial charge in [-0.25, -0.2) is 9.59 Å². The molecule has 4 aromatic rings. The Kier molecular flexibility index (Phi) is 28.8. The van der Waals surface area contributed by atoms with Crippen molar-refractivity contribution in [3.05, 3.63) is 81.8 Å². The molecular weight excluding hydrogens is 915 g/mol. The van der Waals surface area contributed by atoms with Crippen molar-refractivity contribution in [2.45, 2.75) is 181 Å². The number of ether oxygens (including phenoxy) is 5. The minimum Gasteiger partial charge on any atom is -0.449 e. The van der Waals surface area contributed by atoms with Crippen LogP contribution in [0.4, 0.5) is 26.3 Å². The maximum absolute atomic E-state index is 12.3. The molecule has 69 heavy (non-hydrogen) atoms. The van der Waals surface area contributed by atoms with Gasteiger partial charge in [-0.2, -0.15) is 9.36 Å². The summed E-state index contributed by atoms with van der Waals surface area (Å²) in [5.41, 5.74) is 0.454. The van der Waals surface area contributed by atoms with Crippen molar-refractivity contribution in [2.75, 3.05) is 26.4 Å². The first-order valence-electron chi connectivity index (χ1n) is 24.7. The Labute approximate surface area is 401 Å². The van der Waals surface area contributed by atoms with Crippen molar-refractivity contribution in [3.8, 4) is 35.0 Å². The number of nitrogens with zero attached hydrogens (tertiary/aromatic N) is 4. The minimum atomic E-state index is -4.79. The van der Waals surface area contributed by atoms with E-state index < -0.39 is 30.0 Å². The van der Waals surface area contributed by atoms with Crippen molar-refractivity contribution in [1.82, 2.24) is 19.6 Å². The third-order valence-corrected chi connectivity index (χ3v) is 10.7. The van der Waals surface area contributed by atoms with Gasteiger partial charge in [-0.1, -0.05) is 152 Å². The first kappa shape index (κ1) is 58.1. The van der Waals surface area contributed by atoms with Crippen LogP contribution in [0.5, 0.6) is 23.7 Å². The number of alkyl halides is 6. The first-order chi connectivity index (χ1) is 33.3. The summed E-state index contributed by atoms with van der Waals surface area (Å²) in [6.07, 6.45) is 24.2. The third kappa shape index (κ3) is 27.5. The van der Waals surface area contributed by atoms with Crippen molar-refractivity contribution in [2.24, 2.45) is 0 Å². The minimum absolute atomic E-state index is 0.163. The number of aromatic nitrogens is 4. The Bertz CT molecular complexity index is 2050. The van der Waals surface area contributed by atoms with Crippen molar-refractivity contribution in [1.29, 1.82) is 0 Å². The molecule has 4 rings (SSSR count). The number of hydrogen-bond donors (Lipinski definition) is 0. The lowest BCUT2D eigenvalue weighted by Gasteiger charge is -2.08. The molecule has 0 aliphatic carbocycles. The first-order valence-corrected chi connectivity index (χ1v) is 24.7. The number of rotatable bonds is 36. The molecule has 0 saturated carbocycles. The van der Waals surface area contributed by atoms with E-state index >= 15 is 0 Å². The normalized spacial score (nSPS) is 11.8. The Hall–Kier alpha value is -5.20. The number of allylic oxidation sites excluding steroid dienone is 2. The fourth-order valence-electron chi connectivity index (χ4n) is 7.03. The average Bonchev–Trinajstić information content (AvgIpc) is 3.87. The number of benzene rings is 2. The SMILES string of the molecule is CCCCCCCC/C=C\CCCCCCCCOc1nn(-c2ccc(OC(F)(F)F)cc2)c(=O)o1.CCCCCCCCCCCCOCCOc1nn(-c2ccc(OC(F)(F)F)cc2)c(=O)o1. The van der Waals surface area contributed by atoms with Gasteiger partial charge in [-0.05, 0) is 87.1 Å². The number of halogens is 6. The molecule has 0 unspecified atom stereocenters. The van der Waals surface area contributed by atoms with Crippen LogP contribution in [0.1, 0.15) is 168 Å². The van der Waals surface area contributed by atoms with E-state index in [0.717, 1.165) is 72.2 Å². The van der Waals surface area contributed by atoms with Gasteiger partial charge in [0, 0.05) is 6.61 Å². The highest BCUT2D eigenvalue weighted by Crippen LogP contribution is 2.25. The monoisotopic (exact) mass is 987 g/mol. The lowest BCUT2D eigenvalue weighted by Crippen LogP contribution is -2.17. The van der Waals surface area contributed by atoms with Gasteiger partial charge in [0.15, 0.2) is 0 Å². The van der Waals surface area contributed by atoms with Crippen LogP contribution in [-0.4, -0.2) is 58.7 Å². The molecule has 0 bridgehead atoms. The molecule has 0 atom stereocenters. The fraction of sp³-hybridized carbons (Fsp3) is 0.640. The van der Waals surface area contributed by atoms with Gasteiger partial charge < -0.3 is 32.5 Å². The number of unbranched alkanes of at least 4 members (excludes halogenated alkanes) is 21. The van der Waals surface area contributed by atoms with E-state index in [2.05, 4.69) is 45.7 Å². The van der Waals surface area contributed by atoms with Gasteiger partial charge in [0.05, 0.1) is 24.6 Å². The zero-order valence-electron chi connectivity index (χ0n) is 40.3. The quantitative estimate of drug-likeness (QED) is 0.0244. The Morgan fingerprint density at radius 2 is 0.812 bits per heavy atom. The molecule has 2 aromatic heterocycles. The Morgan fingerprint density at radius 1 is 0.464 bits per heavy atom. The maximum Gasteiger partial charge on any atom is 0.573 e. The van der Waals surface area contributed by atoms with Crippen molar-refractivity contribution >= 4 is 0 Å². The molecule has 388 valence electrons. The Balaban J connectivity index is 0.000000367. The van der Waals surface area contributed by atoms with Gasteiger partial charge in [0.25, 0.3) is 0 Å². The smallest absolute Gasteiger partial charge is 0.449 e. The average molecular weight is 987 g/mol. The highest BCUT2D eigenvalue weighted by molar-refractivity contribution is 5.37. The van der Waals surface area contributed by atoms with Crippen LogP contribution in [0.25, 0.3) is 11.4 Å². The van der Waals surface area contributed by atoms with Gasteiger partial charge in [0.1, 0.15) is 18.1 Å². The van der Waals surface area contributed by atoms with E-state index in [4.69, 9.17) is 23.0 Å². The molecule has 0 spiro atoms. The molecule has 0 N–H and O–H groups in total. The molecule has 19 heteroatoms. The second kappa shape index (κ2) is 34.2. The predicted octanol–water partition coefficient (Wildman–Crippen LogP) is 14.2. The predicted molar refractivity (Wildman–Crippen MR) is 251 cm³/mol. The molecule has 2 aromatic carbocycles. The highest BCUT2D eigenvalue weighted by atomic mass is 19.4. The largest absolute Gasteiger partial charge is 0.573 e. The van der Waals surface area contributed by atoms with Gasteiger partial charge in [-0.15, -0.1) is 26.3 Å². The summed E-state index contributed by atoms with van der Waals surface area (Å²) in [4.78, 5) is 23.9. The standard InChI is InChI=1S/C27H39F3N2O4.C23H33F3N2O5/c1-2-3-4-5-6-7-8-9-10-11-12-13-14-15-16-17-22-34-25-31-32(26(33)35-25)23-18-20-24(21-19-23)36-27(28,29)30;1-2-3-4-5-6-7-8-9-10-11-16-30-17-18-31-21-27-28(22(29)32-21)19-12-14-20(15-13-19)33-23(24,25)26/h9-10,18-21H,2-8,11-17,22H2,1H3;12-15H,2-11,16-18H2,1H3/b10-9-;. The topological polar surface area (TPSA) is 142 Å². The summed E-state index contributed by atoms with van der Waals surface area (Å²) in [6, 6.07) is 9.40. The fourth-order valence-corrected chi connectivity index (χ4v) is 7.03. The summed E-state index contributed by atoms with van der Waals surface area (Å²) >= 11 is 0. The van der Waals surface area contributed by atoms with Gasteiger partial charge in [-0.3, -0.25) is 0 Å². The second-order valence-corrected chi connectivity index (χ2v) is 16.6. The number of hydrogen-bond acceptors (Lipinski definition) is 11. The Morgan fingerprint density at radius 3 is 1.20 bits per heavy atom. The molecule has 0 aliphatic rings. The van der Waals surface area contributed by atoms with Crippen LogP contribution in [0, 0.1) is 0 Å². The van der Waals surface area contributed by atoms with E-state index in [1.807, 2.05) is 0 Å². The lowest BCUT2D eigenvalue weighted by molar-refractivity contribution is -0.275. The summed E-state index contributed by atoms with van der Waals surface area (Å²) in [5.74, 6) is -2.39. The third-order valence-electron chi connectivity index (χ3n) is 10.7. The van der Waals surface area contributed by atoms with E-state index in [-0.39, 0.29) is 35.9 Å². The molecule has 0 saturated heterocycles. The van der Waals surface area contributed by atoms with Crippen molar-refractivity contribution < 1.29 is 58.9 Å². The van der Waals surface area contributed by atoms with Crippen LogP contribution >= 0.6 is 0 Å². The van der Waals surface area contributed by atoms with Crippen LogP contribution < -0.4 is 30.5 Å². The van der Waals surface area contributed by atoms with E-state index in [0.29, 0.717) is 19.8 Å². The second-order valence-electron chi connectivity index (χ2n) is 16.6. The van der Waals surface area contributed by atoms with Crippen LogP contribution in [0.2, 0.25) is 0 Å². The molecule has 2 heterocycles. The molecule has 0 amide bonds. The van der Waals surface area contributed by atoms with Crippen molar-refractivity contribution in [3.63, 3.8) is 0 Å². The summed E-state index contributed by atoms with van der Waals surface area (Å²) in [6.45, 7) is 5.98. The van der Waals surface area contributed by atoms with Crippen LogP contribution in [-0.2, 0) is 4.74 Å².